The third kappa shape index (κ3) is 4.05. The maximum absolute atomic E-state index is 13.1. The number of piperazine rings is 1. The molecule has 1 aromatic heterocycles. The zero-order valence-corrected chi connectivity index (χ0v) is 17.1. The molecule has 4 rings (SSSR count). The first-order chi connectivity index (χ1) is 13.7. The number of rotatable bonds is 5. The standard InChI is InChI=1S/C20H27ClN6O/c1-2-18(27-23-19(22-24-27)15-7-9-16(21)10-8-15)20(28)26-13-11-25(12-14-26)17-5-3-4-6-17/h7-10,17-18H,2-6,11-14H2,1H3. The predicted molar refractivity (Wildman–Crippen MR) is 108 cm³/mol. The number of tetrazole rings is 1. The molecule has 1 atom stereocenters. The number of carbonyl (C=O) groups is 1. The van der Waals surface area contributed by atoms with Gasteiger partial charge in [0.2, 0.25) is 11.7 Å². The minimum Gasteiger partial charge on any atom is -0.338 e. The maximum Gasteiger partial charge on any atom is 0.249 e. The van der Waals surface area contributed by atoms with Crippen molar-refractivity contribution in [2.45, 2.75) is 51.1 Å². The van der Waals surface area contributed by atoms with E-state index in [9.17, 15) is 4.79 Å². The van der Waals surface area contributed by atoms with Crippen molar-refractivity contribution >= 4 is 17.5 Å². The Bertz CT molecular complexity index is 793. The van der Waals surface area contributed by atoms with E-state index in [0.717, 1.165) is 37.8 Å². The van der Waals surface area contributed by atoms with Crippen LogP contribution in [0.3, 0.4) is 0 Å². The molecule has 1 aliphatic heterocycles. The summed E-state index contributed by atoms with van der Waals surface area (Å²) in [6.45, 7) is 5.49. The van der Waals surface area contributed by atoms with Crippen molar-refractivity contribution in [3.63, 3.8) is 0 Å². The van der Waals surface area contributed by atoms with Crippen molar-refractivity contribution in [1.82, 2.24) is 30.0 Å². The lowest BCUT2D eigenvalue weighted by Crippen LogP contribution is -2.52. The van der Waals surface area contributed by atoms with Crippen LogP contribution in [0.5, 0.6) is 0 Å². The van der Waals surface area contributed by atoms with Gasteiger partial charge in [0, 0.05) is 42.8 Å². The summed E-state index contributed by atoms with van der Waals surface area (Å²) in [5.74, 6) is 0.600. The van der Waals surface area contributed by atoms with Crippen LogP contribution in [0, 0.1) is 0 Å². The zero-order chi connectivity index (χ0) is 19.5. The van der Waals surface area contributed by atoms with Gasteiger partial charge < -0.3 is 4.90 Å². The van der Waals surface area contributed by atoms with Gasteiger partial charge in [0.15, 0.2) is 6.04 Å². The molecule has 0 N–H and O–H groups in total. The molecule has 28 heavy (non-hydrogen) atoms. The van der Waals surface area contributed by atoms with E-state index in [-0.39, 0.29) is 5.91 Å². The van der Waals surface area contributed by atoms with Crippen molar-refractivity contribution in [3.8, 4) is 11.4 Å². The van der Waals surface area contributed by atoms with Crippen LogP contribution in [0.15, 0.2) is 24.3 Å². The van der Waals surface area contributed by atoms with Gasteiger partial charge in [-0.05, 0) is 48.7 Å². The molecule has 2 fully saturated rings. The fourth-order valence-electron chi connectivity index (χ4n) is 4.30. The lowest BCUT2D eigenvalue weighted by Gasteiger charge is -2.38. The van der Waals surface area contributed by atoms with Crippen molar-refractivity contribution in [3.05, 3.63) is 29.3 Å². The normalized spacial score (nSPS) is 19.9. The summed E-state index contributed by atoms with van der Waals surface area (Å²) in [5.41, 5.74) is 0.836. The van der Waals surface area contributed by atoms with Gasteiger partial charge in [0.05, 0.1) is 0 Å². The summed E-state index contributed by atoms with van der Waals surface area (Å²) in [6, 6.07) is 7.61. The van der Waals surface area contributed by atoms with Crippen molar-refractivity contribution in [2.75, 3.05) is 26.2 Å². The third-order valence-electron chi connectivity index (χ3n) is 5.95. The van der Waals surface area contributed by atoms with Crippen LogP contribution >= 0.6 is 11.6 Å². The molecular formula is C20H27ClN6O. The monoisotopic (exact) mass is 402 g/mol. The predicted octanol–water partition coefficient (Wildman–Crippen LogP) is 3.03. The van der Waals surface area contributed by atoms with Crippen LogP contribution in [-0.2, 0) is 4.79 Å². The lowest BCUT2D eigenvalue weighted by molar-refractivity contribution is -0.137. The van der Waals surface area contributed by atoms with Crippen molar-refractivity contribution in [2.24, 2.45) is 0 Å². The summed E-state index contributed by atoms with van der Waals surface area (Å²) in [4.78, 5) is 19.1. The highest BCUT2D eigenvalue weighted by molar-refractivity contribution is 6.30. The molecule has 1 saturated carbocycles. The molecule has 1 aliphatic carbocycles. The molecular weight excluding hydrogens is 376 g/mol. The summed E-state index contributed by atoms with van der Waals surface area (Å²) in [6.07, 6.45) is 5.94. The van der Waals surface area contributed by atoms with Crippen molar-refractivity contribution in [1.29, 1.82) is 0 Å². The van der Waals surface area contributed by atoms with E-state index in [4.69, 9.17) is 11.6 Å². The Kier molecular flexibility index (Phi) is 5.92. The second-order valence-corrected chi connectivity index (χ2v) is 8.10. The number of halogens is 1. The summed E-state index contributed by atoms with van der Waals surface area (Å²) < 4.78 is 0. The van der Waals surface area contributed by atoms with Crippen LogP contribution in [-0.4, -0.2) is 68.1 Å². The highest BCUT2D eigenvalue weighted by Crippen LogP contribution is 2.25. The number of nitrogens with zero attached hydrogens (tertiary/aromatic N) is 6. The number of amides is 1. The van der Waals surface area contributed by atoms with Crippen molar-refractivity contribution < 1.29 is 4.79 Å². The van der Waals surface area contributed by atoms with Gasteiger partial charge >= 0.3 is 0 Å². The Hall–Kier alpha value is -1.99. The van der Waals surface area contributed by atoms with Crippen LogP contribution in [0.25, 0.3) is 11.4 Å². The number of benzene rings is 1. The smallest absolute Gasteiger partial charge is 0.249 e. The third-order valence-corrected chi connectivity index (χ3v) is 6.20. The fraction of sp³-hybridized carbons (Fsp3) is 0.600. The second kappa shape index (κ2) is 8.57. The molecule has 150 valence electrons. The molecule has 1 unspecified atom stereocenters. The van der Waals surface area contributed by atoms with Crippen LogP contribution in [0.4, 0.5) is 0 Å². The van der Waals surface area contributed by atoms with Gasteiger partial charge in [0.25, 0.3) is 0 Å². The summed E-state index contributed by atoms with van der Waals surface area (Å²) in [7, 11) is 0. The number of hydrogen-bond donors (Lipinski definition) is 0. The largest absolute Gasteiger partial charge is 0.338 e. The lowest BCUT2D eigenvalue weighted by atomic mass is 10.1. The molecule has 1 aromatic carbocycles. The van der Waals surface area contributed by atoms with Gasteiger partial charge in [0.1, 0.15) is 0 Å². The first-order valence-corrected chi connectivity index (χ1v) is 10.6. The van der Waals surface area contributed by atoms with Gasteiger partial charge in [-0.3, -0.25) is 9.69 Å². The first kappa shape index (κ1) is 19.3. The van der Waals surface area contributed by atoms with Gasteiger partial charge in [-0.1, -0.05) is 31.4 Å². The summed E-state index contributed by atoms with van der Waals surface area (Å²) >= 11 is 5.94. The van der Waals surface area contributed by atoms with E-state index in [0.29, 0.717) is 17.3 Å². The molecule has 2 aliphatic rings. The number of aromatic nitrogens is 4. The Balaban J connectivity index is 1.41. The average molecular weight is 403 g/mol. The van der Waals surface area contributed by atoms with Crippen LogP contribution < -0.4 is 0 Å². The average Bonchev–Trinajstić information content (AvgIpc) is 3.42. The topological polar surface area (TPSA) is 67.2 Å². The molecule has 8 heteroatoms. The van der Waals surface area contributed by atoms with Gasteiger partial charge in [-0.25, -0.2) is 0 Å². The minimum absolute atomic E-state index is 0.0913. The molecule has 1 amide bonds. The molecule has 2 aromatic rings. The number of hydrogen-bond acceptors (Lipinski definition) is 5. The maximum atomic E-state index is 13.1. The van der Waals surface area contributed by atoms with E-state index in [2.05, 4.69) is 20.3 Å². The highest BCUT2D eigenvalue weighted by atomic mass is 35.5. The Labute approximate surface area is 170 Å². The molecule has 0 radical (unpaired) electrons. The second-order valence-electron chi connectivity index (χ2n) is 7.66. The first-order valence-electron chi connectivity index (χ1n) is 10.2. The summed E-state index contributed by atoms with van der Waals surface area (Å²) in [5, 5.41) is 13.4. The Morgan fingerprint density at radius 3 is 2.46 bits per heavy atom. The fourth-order valence-corrected chi connectivity index (χ4v) is 4.42. The molecule has 7 nitrogen and oxygen atoms in total. The molecule has 1 saturated heterocycles. The Morgan fingerprint density at radius 2 is 1.82 bits per heavy atom. The van der Waals surface area contributed by atoms with Gasteiger partial charge in [-0.2, -0.15) is 4.80 Å². The number of carbonyl (C=O) groups excluding carboxylic acids is 1. The van der Waals surface area contributed by atoms with E-state index in [1.807, 2.05) is 24.0 Å². The SMILES string of the molecule is CCC(C(=O)N1CCN(C2CCCC2)CC1)n1nnc(-c2ccc(Cl)cc2)n1. The highest BCUT2D eigenvalue weighted by Gasteiger charge is 2.32. The zero-order valence-electron chi connectivity index (χ0n) is 16.3. The van der Waals surface area contributed by atoms with E-state index < -0.39 is 6.04 Å². The molecule has 0 spiro atoms. The van der Waals surface area contributed by atoms with Gasteiger partial charge in [-0.15, -0.1) is 10.2 Å². The molecule has 2 heterocycles. The Morgan fingerprint density at radius 1 is 1.14 bits per heavy atom. The van der Waals surface area contributed by atoms with E-state index in [1.54, 1.807) is 12.1 Å². The molecule has 0 bridgehead atoms. The quantitative estimate of drug-likeness (QED) is 0.768. The van der Waals surface area contributed by atoms with E-state index >= 15 is 0 Å². The van der Waals surface area contributed by atoms with Crippen LogP contribution in [0.1, 0.15) is 45.1 Å². The van der Waals surface area contributed by atoms with E-state index in [1.165, 1.54) is 30.5 Å². The van der Waals surface area contributed by atoms with Crippen LogP contribution in [0.2, 0.25) is 5.02 Å². The minimum atomic E-state index is -0.411.